The lowest BCUT2D eigenvalue weighted by Crippen LogP contribution is -2.49. The smallest absolute Gasteiger partial charge is 0.165 e. The van der Waals surface area contributed by atoms with Crippen molar-refractivity contribution in [2.75, 3.05) is 0 Å². The van der Waals surface area contributed by atoms with Crippen LogP contribution in [0.3, 0.4) is 0 Å². The summed E-state index contributed by atoms with van der Waals surface area (Å²) < 4.78 is 0. The Balaban J connectivity index is 1.33. The van der Waals surface area contributed by atoms with Gasteiger partial charge >= 0.3 is 0 Å². The Morgan fingerprint density at radius 3 is 1.38 bits per heavy atom. The Hall–Kier alpha value is -5.71. The second-order valence-corrected chi connectivity index (χ2v) is 17.1. The third-order valence-corrected chi connectivity index (χ3v) is 13.3. The van der Waals surface area contributed by atoms with E-state index in [1.54, 1.807) is 0 Å². The molecule has 0 saturated carbocycles. The molecule has 3 nitrogen and oxygen atoms in total. The molecular formula is C43H31N3Si. The Kier molecular flexibility index (Phi) is 6.27. The first-order valence-corrected chi connectivity index (χ1v) is 19.1. The van der Waals surface area contributed by atoms with E-state index in [9.17, 15) is 0 Å². The fourth-order valence-electron chi connectivity index (χ4n) is 7.46. The molecular weight excluding hydrogens is 587 g/mol. The van der Waals surface area contributed by atoms with Crippen LogP contribution in [0.4, 0.5) is 0 Å². The first kappa shape index (κ1) is 27.6. The maximum atomic E-state index is 5.17. The highest BCUT2D eigenvalue weighted by Gasteiger charge is 2.37. The zero-order valence-electron chi connectivity index (χ0n) is 26.3. The Morgan fingerprint density at radius 1 is 0.362 bits per heavy atom. The monoisotopic (exact) mass is 617 g/mol. The molecule has 222 valence electrons. The van der Waals surface area contributed by atoms with Gasteiger partial charge in [-0.3, -0.25) is 0 Å². The van der Waals surface area contributed by atoms with Crippen molar-refractivity contribution in [2.45, 2.75) is 13.1 Å². The van der Waals surface area contributed by atoms with Crippen molar-refractivity contribution in [3.63, 3.8) is 0 Å². The molecule has 1 aliphatic heterocycles. The van der Waals surface area contributed by atoms with Crippen LogP contribution in [0.15, 0.2) is 152 Å². The molecule has 0 fully saturated rings. The molecule has 4 heteroatoms. The lowest BCUT2D eigenvalue weighted by Gasteiger charge is -2.21. The number of benzene rings is 7. The molecule has 0 atom stereocenters. The quantitative estimate of drug-likeness (QED) is 0.146. The Labute approximate surface area is 275 Å². The van der Waals surface area contributed by atoms with Gasteiger partial charge in [0, 0.05) is 16.7 Å². The zero-order valence-corrected chi connectivity index (χ0v) is 27.3. The number of rotatable bonds is 4. The minimum absolute atomic E-state index is 0.664. The van der Waals surface area contributed by atoms with Gasteiger partial charge in [-0.25, -0.2) is 15.0 Å². The highest BCUT2D eigenvalue weighted by molar-refractivity contribution is 7.03. The van der Waals surface area contributed by atoms with Gasteiger partial charge in [0.1, 0.15) is 8.07 Å². The molecule has 0 bridgehead atoms. The lowest BCUT2D eigenvalue weighted by molar-refractivity contribution is 1.08. The van der Waals surface area contributed by atoms with Gasteiger partial charge in [-0.2, -0.15) is 0 Å². The molecule has 2 heterocycles. The van der Waals surface area contributed by atoms with Crippen LogP contribution in [-0.4, -0.2) is 23.0 Å². The van der Waals surface area contributed by atoms with Crippen LogP contribution in [0.25, 0.3) is 78.0 Å². The number of aromatic nitrogens is 3. The van der Waals surface area contributed by atoms with Gasteiger partial charge in [0.25, 0.3) is 0 Å². The van der Waals surface area contributed by atoms with Crippen LogP contribution in [0.2, 0.25) is 13.1 Å². The van der Waals surface area contributed by atoms with E-state index >= 15 is 0 Å². The maximum Gasteiger partial charge on any atom is 0.165 e. The second kappa shape index (κ2) is 10.7. The number of fused-ring (bicyclic) bond motifs is 5. The predicted octanol–water partition coefficient (Wildman–Crippen LogP) is 9.65. The molecule has 0 saturated heterocycles. The number of nitrogens with zero attached hydrogens (tertiary/aromatic N) is 3. The van der Waals surface area contributed by atoms with E-state index in [1.165, 1.54) is 43.4 Å². The average molecular weight is 618 g/mol. The summed E-state index contributed by atoms with van der Waals surface area (Å²) in [7, 11) is -1.85. The van der Waals surface area contributed by atoms with E-state index in [-0.39, 0.29) is 0 Å². The first-order chi connectivity index (χ1) is 23.1. The summed E-state index contributed by atoms with van der Waals surface area (Å²) in [6.07, 6.45) is 0. The van der Waals surface area contributed by atoms with Crippen LogP contribution in [-0.2, 0) is 0 Å². The van der Waals surface area contributed by atoms with Crippen molar-refractivity contribution >= 4 is 40.0 Å². The Bertz CT molecular complexity index is 2370. The second-order valence-electron chi connectivity index (χ2n) is 12.8. The summed E-state index contributed by atoms with van der Waals surface area (Å²) in [5.41, 5.74) is 8.24. The van der Waals surface area contributed by atoms with E-state index in [4.69, 9.17) is 15.0 Å². The molecule has 0 aliphatic carbocycles. The van der Waals surface area contributed by atoms with Gasteiger partial charge in [0.05, 0.1) is 0 Å². The molecule has 1 aromatic heterocycles. The van der Waals surface area contributed by atoms with Gasteiger partial charge in [-0.1, -0.05) is 165 Å². The predicted molar refractivity (Wildman–Crippen MR) is 199 cm³/mol. The first-order valence-electron chi connectivity index (χ1n) is 16.1. The zero-order chi connectivity index (χ0) is 31.5. The fraction of sp³-hybridized carbons (Fsp3) is 0.0465. The number of hydrogen-bond donors (Lipinski definition) is 0. The summed E-state index contributed by atoms with van der Waals surface area (Å²) in [5.74, 6) is 2.00. The summed E-state index contributed by atoms with van der Waals surface area (Å²) in [6, 6.07) is 54.0. The van der Waals surface area contributed by atoms with Crippen LogP contribution in [0.1, 0.15) is 0 Å². The van der Waals surface area contributed by atoms with Gasteiger partial charge in [-0.05, 0) is 54.2 Å². The van der Waals surface area contributed by atoms with Crippen molar-refractivity contribution in [1.82, 2.24) is 15.0 Å². The van der Waals surface area contributed by atoms with Crippen LogP contribution in [0, 0.1) is 0 Å². The minimum Gasteiger partial charge on any atom is -0.208 e. The summed E-state index contributed by atoms with van der Waals surface area (Å²) in [4.78, 5) is 15.3. The van der Waals surface area contributed by atoms with E-state index < -0.39 is 8.07 Å². The maximum absolute atomic E-state index is 5.17. The normalized spacial score (nSPS) is 13.1. The molecule has 0 spiro atoms. The lowest BCUT2D eigenvalue weighted by atomic mass is 9.87. The Morgan fingerprint density at radius 2 is 0.809 bits per heavy atom. The van der Waals surface area contributed by atoms with Crippen LogP contribution < -0.4 is 10.4 Å². The van der Waals surface area contributed by atoms with Gasteiger partial charge in [0.15, 0.2) is 17.5 Å². The molecule has 8 aromatic rings. The van der Waals surface area contributed by atoms with Crippen molar-refractivity contribution in [3.8, 4) is 56.4 Å². The van der Waals surface area contributed by atoms with E-state index in [0.29, 0.717) is 17.5 Å². The highest BCUT2D eigenvalue weighted by atomic mass is 28.3. The van der Waals surface area contributed by atoms with Gasteiger partial charge in [-0.15, -0.1) is 0 Å². The minimum atomic E-state index is -1.85. The third kappa shape index (κ3) is 4.37. The summed E-state index contributed by atoms with van der Waals surface area (Å²) in [6.45, 7) is 4.96. The third-order valence-electron chi connectivity index (χ3n) is 9.73. The SMILES string of the molecule is C[Si]1(C)c2ccccc2-c2ccc(-c3c4ccccc4c(-c4nc(-c5ccccc5)nc(-c5ccccc5)n4)c4ccccc34)cc21. The van der Waals surface area contributed by atoms with E-state index in [1.807, 2.05) is 36.4 Å². The van der Waals surface area contributed by atoms with Crippen LogP contribution >= 0.6 is 0 Å². The number of hydrogen-bond acceptors (Lipinski definition) is 3. The van der Waals surface area contributed by atoms with Crippen LogP contribution in [0.5, 0.6) is 0 Å². The highest BCUT2D eigenvalue weighted by Crippen LogP contribution is 2.44. The standard InChI is InChI=1S/C43H31N3Si/c1-47(2)37-24-14-13-19-31(37)32-26-25-30(27-38(32)47)39-33-20-9-11-22-35(33)40(36-23-12-10-21-34(36)39)43-45-41(28-15-5-3-6-16-28)44-42(46-43)29-17-7-4-8-18-29/h3-27H,1-2H3. The molecule has 0 N–H and O–H groups in total. The van der Waals surface area contributed by atoms with Crippen molar-refractivity contribution in [1.29, 1.82) is 0 Å². The van der Waals surface area contributed by atoms with E-state index in [2.05, 4.69) is 128 Å². The van der Waals surface area contributed by atoms with E-state index in [0.717, 1.165) is 27.5 Å². The van der Waals surface area contributed by atoms with Crippen molar-refractivity contribution in [3.05, 3.63) is 152 Å². The largest absolute Gasteiger partial charge is 0.208 e. The topological polar surface area (TPSA) is 38.7 Å². The molecule has 1 aliphatic rings. The average Bonchev–Trinajstić information content (AvgIpc) is 3.36. The van der Waals surface area contributed by atoms with Gasteiger partial charge in [0.2, 0.25) is 0 Å². The molecule has 0 radical (unpaired) electrons. The van der Waals surface area contributed by atoms with Crippen molar-refractivity contribution in [2.24, 2.45) is 0 Å². The summed E-state index contributed by atoms with van der Waals surface area (Å²) >= 11 is 0. The molecule has 47 heavy (non-hydrogen) atoms. The van der Waals surface area contributed by atoms with Crippen molar-refractivity contribution < 1.29 is 0 Å². The summed E-state index contributed by atoms with van der Waals surface area (Å²) in [5, 5.41) is 7.68. The fourth-order valence-corrected chi connectivity index (χ4v) is 10.6. The van der Waals surface area contributed by atoms with Gasteiger partial charge < -0.3 is 0 Å². The molecule has 0 amide bonds. The molecule has 9 rings (SSSR count). The molecule has 0 unspecified atom stereocenters. The molecule has 7 aromatic carbocycles.